The second kappa shape index (κ2) is 6.91. The minimum Gasteiger partial charge on any atom is -0.497 e. The van der Waals surface area contributed by atoms with E-state index in [0.29, 0.717) is 5.75 Å². The van der Waals surface area contributed by atoms with Gasteiger partial charge in [-0.2, -0.15) is 0 Å². The fourth-order valence-corrected chi connectivity index (χ4v) is 1.80. The highest BCUT2D eigenvalue weighted by atomic mass is 19.3. The Morgan fingerprint density at radius 3 is 2.45 bits per heavy atom. The van der Waals surface area contributed by atoms with Crippen molar-refractivity contribution in [2.45, 2.75) is 38.7 Å². The number of methoxy groups -OCH3 is 1. The molecule has 0 saturated heterocycles. The summed E-state index contributed by atoms with van der Waals surface area (Å²) >= 11 is 0. The molecule has 1 aromatic rings. The van der Waals surface area contributed by atoms with E-state index in [1.54, 1.807) is 20.8 Å². The van der Waals surface area contributed by atoms with Crippen LogP contribution in [0.25, 0.3) is 0 Å². The Morgan fingerprint density at radius 2 is 1.95 bits per heavy atom. The Bertz CT molecular complexity index is 528. The maximum atomic E-state index is 14.1. The predicted octanol–water partition coefficient (Wildman–Crippen LogP) is 3.48. The maximum absolute atomic E-state index is 14.1. The van der Waals surface area contributed by atoms with Crippen molar-refractivity contribution in [1.29, 1.82) is 0 Å². The maximum Gasteiger partial charge on any atom is 0.412 e. The summed E-state index contributed by atoms with van der Waals surface area (Å²) in [5, 5.41) is 2.34. The molecule has 0 aliphatic rings. The number of nitrogens with two attached hydrogens (primary N) is 1. The van der Waals surface area contributed by atoms with Crippen molar-refractivity contribution in [1.82, 2.24) is 0 Å². The quantitative estimate of drug-likeness (QED) is 0.872. The predicted molar refractivity (Wildman–Crippen MR) is 80.4 cm³/mol. The Morgan fingerprint density at radius 1 is 1.32 bits per heavy atom. The number of carbonyl (C=O) groups excluding carboxylic acids is 1. The highest BCUT2D eigenvalue weighted by molar-refractivity contribution is 5.86. The van der Waals surface area contributed by atoms with E-state index in [1.165, 1.54) is 25.3 Å². The molecule has 1 aromatic carbocycles. The Labute approximate surface area is 128 Å². The molecule has 0 aliphatic carbocycles. The zero-order valence-electron chi connectivity index (χ0n) is 13.2. The first-order valence-corrected chi connectivity index (χ1v) is 6.85. The van der Waals surface area contributed by atoms with E-state index >= 15 is 0 Å². The van der Waals surface area contributed by atoms with Gasteiger partial charge in [0.05, 0.1) is 12.8 Å². The number of carbonyl (C=O) groups is 1. The first-order valence-electron chi connectivity index (χ1n) is 6.85. The third-order valence-corrected chi connectivity index (χ3v) is 2.71. The average molecular weight is 316 g/mol. The van der Waals surface area contributed by atoms with Crippen molar-refractivity contribution >= 4 is 11.8 Å². The van der Waals surface area contributed by atoms with E-state index in [9.17, 15) is 13.6 Å². The van der Waals surface area contributed by atoms with Gasteiger partial charge in [-0.05, 0) is 39.4 Å². The number of rotatable bonds is 5. The molecule has 0 radical (unpaired) electrons. The highest BCUT2D eigenvalue weighted by Crippen LogP contribution is 2.38. The smallest absolute Gasteiger partial charge is 0.412 e. The van der Waals surface area contributed by atoms with Gasteiger partial charge in [-0.1, -0.05) is 0 Å². The first kappa shape index (κ1) is 18.2. The summed E-state index contributed by atoms with van der Waals surface area (Å²) in [6, 6.07) is 3.94. The lowest BCUT2D eigenvalue weighted by atomic mass is 10.0. The lowest BCUT2D eigenvalue weighted by Crippen LogP contribution is -2.28. The van der Waals surface area contributed by atoms with Crippen LogP contribution in [-0.4, -0.2) is 25.3 Å². The van der Waals surface area contributed by atoms with Gasteiger partial charge in [0, 0.05) is 18.1 Å². The lowest BCUT2D eigenvalue weighted by molar-refractivity contribution is -0.00998. The average Bonchev–Trinajstić information content (AvgIpc) is 2.35. The molecule has 0 spiro atoms. The van der Waals surface area contributed by atoms with E-state index < -0.39 is 24.0 Å². The normalized spacial score (nSPS) is 12.0. The molecular formula is C15H22F2N2O3. The van der Waals surface area contributed by atoms with Crippen LogP contribution in [0.5, 0.6) is 5.75 Å². The van der Waals surface area contributed by atoms with E-state index in [1.807, 2.05) is 0 Å². The summed E-state index contributed by atoms with van der Waals surface area (Å²) in [5.41, 5.74) is 4.10. The summed E-state index contributed by atoms with van der Waals surface area (Å²) < 4.78 is 38.3. The molecule has 0 saturated carbocycles. The first-order chi connectivity index (χ1) is 10.1. The molecule has 0 heterocycles. The molecule has 5 nitrogen and oxygen atoms in total. The summed E-state index contributed by atoms with van der Waals surface area (Å²) in [7, 11) is 1.41. The van der Waals surface area contributed by atoms with E-state index in [-0.39, 0.29) is 17.8 Å². The van der Waals surface area contributed by atoms with Gasteiger partial charge in [0.25, 0.3) is 5.92 Å². The van der Waals surface area contributed by atoms with E-state index in [2.05, 4.69) is 5.32 Å². The number of hydrogen-bond acceptors (Lipinski definition) is 4. The zero-order chi connectivity index (χ0) is 17.0. The van der Waals surface area contributed by atoms with Crippen LogP contribution in [0.2, 0.25) is 0 Å². The molecule has 1 amide bonds. The number of hydrogen-bond donors (Lipinski definition) is 2. The van der Waals surface area contributed by atoms with Gasteiger partial charge in [-0.25, -0.2) is 13.6 Å². The van der Waals surface area contributed by atoms with Crippen LogP contribution in [-0.2, 0) is 10.7 Å². The number of benzene rings is 1. The number of alkyl halides is 2. The Balaban J connectivity index is 3.12. The number of nitrogens with one attached hydrogen (secondary N) is 1. The number of anilines is 1. The molecule has 3 N–H and O–H groups in total. The molecule has 0 aliphatic heterocycles. The van der Waals surface area contributed by atoms with Crippen LogP contribution in [0.3, 0.4) is 0 Å². The number of amides is 1. The fraction of sp³-hybridized carbons (Fsp3) is 0.533. The molecule has 0 fully saturated rings. The molecule has 124 valence electrons. The molecule has 0 unspecified atom stereocenters. The summed E-state index contributed by atoms with van der Waals surface area (Å²) in [6.45, 7) is 4.87. The summed E-state index contributed by atoms with van der Waals surface area (Å²) in [4.78, 5) is 11.8. The van der Waals surface area contributed by atoms with Gasteiger partial charge in [0.1, 0.15) is 11.4 Å². The van der Waals surface area contributed by atoms with Gasteiger partial charge in [0.2, 0.25) is 0 Å². The van der Waals surface area contributed by atoms with Crippen LogP contribution < -0.4 is 15.8 Å². The van der Waals surface area contributed by atoms with Crippen LogP contribution >= 0.6 is 0 Å². The van der Waals surface area contributed by atoms with Crippen molar-refractivity contribution in [2.75, 3.05) is 19.0 Å². The van der Waals surface area contributed by atoms with Crippen molar-refractivity contribution in [2.24, 2.45) is 5.73 Å². The summed E-state index contributed by atoms with van der Waals surface area (Å²) in [6.07, 6.45) is -1.34. The molecule has 1 rings (SSSR count). The van der Waals surface area contributed by atoms with Gasteiger partial charge in [0.15, 0.2) is 0 Å². The third-order valence-electron chi connectivity index (χ3n) is 2.71. The Hall–Kier alpha value is -1.89. The third kappa shape index (κ3) is 5.14. The standard InChI is InChI=1S/C15H22F2N2O3/c1-14(2,3)22-13(20)19-12-9-10(21-4)5-6-11(12)15(16,17)7-8-18/h5-6,9H,7-8,18H2,1-4H3,(H,19,20). The fourth-order valence-electron chi connectivity index (χ4n) is 1.80. The largest absolute Gasteiger partial charge is 0.497 e. The lowest BCUT2D eigenvalue weighted by Gasteiger charge is -2.23. The molecule has 22 heavy (non-hydrogen) atoms. The van der Waals surface area contributed by atoms with Crippen molar-refractivity contribution in [3.63, 3.8) is 0 Å². The second-order valence-electron chi connectivity index (χ2n) is 5.78. The minimum absolute atomic E-state index is 0.0629. The highest BCUT2D eigenvalue weighted by Gasteiger charge is 2.34. The van der Waals surface area contributed by atoms with Crippen LogP contribution in [0.1, 0.15) is 32.8 Å². The molecule has 7 heteroatoms. The van der Waals surface area contributed by atoms with Crippen molar-refractivity contribution in [3.8, 4) is 5.75 Å². The van der Waals surface area contributed by atoms with Gasteiger partial charge >= 0.3 is 6.09 Å². The monoisotopic (exact) mass is 316 g/mol. The number of ether oxygens (including phenoxy) is 2. The van der Waals surface area contributed by atoms with Crippen LogP contribution in [0, 0.1) is 0 Å². The molecule has 0 bridgehead atoms. The number of halogens is 2. The van der Waals surface area contributed by atoms with E-state index in [0.717, 1.165) is 0 Å². The van der Waals surface area contributed by atoms with Crippen LogP contribution in [0.15, 0.2) is 18.2 Å². The van der Waals surface area contributed by atoms with Gasteiger partial charge in [-0.3, -0.25) is 5.32 Å². The second-order valence-corrected chi connectivity index (χ2v) is 5.78. The molecule has 0 aromatic heterocycles. The minimum atomic E-state index is -3.16. The van der Waals surface area contributed by atoms with Crippen molar-refractivity contribution < 1.29 is 23.0 Å². The van der Waals surface area contributed by atoms with Crippen LogP contribution in [0.4, 0.5) is 19.3 Å². The zero-order valence-corrected chi connectivity index (χ0v) is 13.2. The topological polar surface area (TPSA) is 73.6 Å². The van der Waals surface area contributed by atoms with Gasteiger partial charge < -0.3 is 15.2 Å². The summed E-state index contributed by atoms with van der Waals surface area (Å²) in [5.74, 6) is -2.82. The van der Waals surface area contributed by atoms with Crippen molar-refractivity contribution in [3.05, 3.63) is 23.8 Å². The van der Waals surface area contributed by atoms with E-state index in [4.69, 9.17) is 15.2 Å². The Kier molecular flexibility index (Phi) is 5.71. The van der Waals surface area contributed by atoms with Gasteiger partial charge in [-0.15, -0.1) is 0 Å². The molecular weight excluding hydrogens is 294 g/mol. The molecule has 0 atom stereocenters. The SMILES string of the molecule is COc1ccc(C(F)(F)CCN)c(NC(=O)OC(C)(C)C)c1.